The number of nitrogens with two attached hydrogens (primary N) is 3. The lowest BCUT2D eigenvalue weighted by atomic mass is 10.0. The lowest BCUT2D eigenvalue weighted by molar-refractivity contribution is -0.143. The standard InChI is InChI=1S/C18H33N7O7S/c1-8(2)13(17(31)32)25-15(29)10(4-3-5-22-18(20)21)23-16(30)11(7-33)24-14(28)9(19)6-12(26)27/h8-11,13,33H,3-7,19H2,1-2H3,(H,23,30)(H,24,28)(H,25,29)(H,26,27)(H,31,32)(H4,20,21,22). The highest BCUT2D eigenvalue weighted by atomic mass is 32.1. The summed E-state index contributed by atoms with van der Waals surface area (Å²) < 4.78 is 0. The first-order valence-corrected chi connectivity index (χ1v) is 10.7. The Morgan fingerprint density at radius 2 is 1.48 bits per heavy atom. The van der Waals surface area contributed by atoms with E-state index in [1.165, 1.54) is 0 Å². The molecule has 11 N–H and O–H groups in total. The first-order chi connectivity index (χ1) is 15.3. The molecule has 14 nitrogen and oxygen atoms in total. The van der Waals surface area contributed by atoms with Crippen LogP contribution in [0.25, 0.3) is 0 Å². The summed E-state index contributed by atoms with van der Waals surface area (Å²) in [5.74, 6) is -5.71. The smallest absolute Gasteiger partial charge is 0.326 e. The fourth-order valence-corrected chi connectivity index (χ4v) is 2.82. The number of amides is 3. The molecule has 0 spiro atoms. The summed E-state index contributed by atoms with van der Waals surface area (Å²) >= 11 is 4.00. The average Bonchev–Trinajstić information content (AvgIpc) is 2.70. The molecule has 0 aromatic heterocycles. The number of nitrogens with zero attached hydrogens (tertiary/aromatic N) is 1. The van der Waals surface area contributed by atoms with Crippen LogP contribution in [0, 0.1) is 5.92 Å². The van der Waals surface area contributed by atoms with Crippen LogP contribution in [-0.2, 0) is 24.0 Å². The van der Waals surface area contributed by atoms with Crippen LogP contribution in [0.15, 0.2) is 4.99 Å². The van der Waals surface area contributed by atoms with Gasteiger partial charge >= 0.3 is 11.9 Å². The summed E-state index contributed by atoms with van der Waals surface area (Å²) in [4.78, 5) is 63.3. The third-order valence-electron chi connectivity index (χ3n) is 4.36. The second-order valence-corrected chi connectivity index (χ2v) is 7.89. The number of guanidine groups is 1. The van der Waals surface area contributed by atoms with Crippen LogP contribution in [0.1, 0.15) is 33.1 Å². The van der Waals surface area contributed by atoms with Crippen molar-refractivity contribution in [1.29, 1.82) is 0 Å². The second kappa shape index (κ2) is 14.9. The Kier molecular flexibility index (Phi) is 13.5. The van der Waals surface area contributed by atoms with Gasteiger partial charge in [0.2, 0.25) is 17.7 Å². The van der Waals surface area contributed by atoms with Gasteiger partial charge in [0.05, 0.1) is 12.5 Å². The number of carboxylic acid groups (broad SMARTS) is 2. The fraction of sp³-hybridized carbons (Fsp3) is 0.667. The number of carboxylic acids is 2. The van der Waals surface area contributed by atoms with Gasteiger partial charge in [0.15, 0.2) is 5.96 Å². The maximum Gasteiger partial charge on any atom is 0.326 e. The number of carbonyl (C=O) groups excluding carboxylic acids is 3. The van der Waals surface area contributed by atoms with E-state index in [-0.39, 0.29) is 31.1 Å². The molecule has 0 saturated carbocycles. The van der Waals surface area contributed by atoms with E-state index < -0.39 is 66.2 Å². The Bertz CT molecular complexity index is 744. The molecular weight excluding hydrogens is 458 g/mol. The van der Waals surface area contributed by atoms with E-state index in [2.05, 4.69) is 33.6 Å². The summed E-state index contributed by atoms with van der Waals surface area (Å²) in [6, 6.07) is -4.98. The summed E-state index contributed by atoms with van der Waals surface area (Å²) in [6.07, 6.45) is -0.310. The van der Waals surface area contributed by atoms with Crippen LogP contribution in [0.3, 0.4) is 0 Å². The van der Waals surface area contributed by atoms with Crippen molar-refractivity contribution < 1.29 is 34.2 Å². The molecular formula is C18H33N7O7S. The third-order valence-corrected chi connectivity index (χ3v) is 4.72. The number of nitrogens with one attached hydrogen (secondary N) is 3. The van der Waals surface area contributed by atoms with Crippen molar-refractivity contribution in [2.75, 3.05) is 12.3 Å². The molecule has 0 aliphatic carbocycles. The Balaban J connectivity index is 5.39. The highest BCUT2D eigenvalue weighted by Crippen LogP contribution is 2.06. The zero-order chi connectivity index (χ0) is 25.7. The molecule has 15 heteroatoms. The number of rotatable bonds is 15. The number of hydrogen-bond acceptors (Lipinski definition) is 8. The van der Waals surface area contributed by atoms with E-state index in [0.29, 0.717) is 0 Å². The number of thiol groups is 1. The minimum atomic E-state index is -1.39. The zero-order valence-electron chi connectivity index (χ0n) is 18.5. The van der Waals surface area contributed by atoms with Crippen molar-refractivity contribution in [1.82, 2.24) is 16.0 Å². The maximum atomic E-state index is 12.7. The number of aliphatic imine (C=N–C) groups is 1. The normalized spacial score (nSPS) is 14.3. The average molecular weight is 492 g/mol. The van der Waals surface area contributed by atoms with Crippen LogP contribution in [0.4, 0.5) is 0 Å². The quantitative estimate of drug-likeness (QED) is 0.0484. The van der Waals surface area contributed by atoms with E-state index in [4.69, 9.17) is 22.3 Å². The van der Waals surface area contributed by atoms with Crippen molar-refractivity contribution in [3.8, 4) is 0 Å². The van der Waals surface area contributed by atoms with Crippen molar-refractivity contribution in [2.24, 2.45) is 28.1 Å². The lowest BCUT2D eigenvalue weighted by Gasteiger charge is -2.25. The van der Waals surface area contributed by atoms with Crippen LogP contribution >= 0.6 is 12.6 Å². The SMILES string of the molecule is CC(C)C(NC(=O)C(CCCN=C(N)N)NC(=O)C(CS)NC(=O)C(N)CC(=O)O)C(=O)O. The molecule has 0 aliphatic heterocycles. The highest BCUT2D eigenvalue weighted by Gasteiger charge is 2.31. The largest absolute Gasteiger partial charge is 0.481 e. The Labute approximate surface area is 196 Å². The summed E-state index contributed by atoms with van der Waals surface area (Å²) in [5, 5.41) is 25.2. The molecule has 0 saturated heterocycles. The molecule has 0 bridgehead atoms. The third kappa shape index (κ3) is 11.9. The minimum absolute atomic E-state index is 0.0601. The van der Waals surface area contributed by atoms with Crippen molar-refractivity contribution in [3.05, 3.63) is 0 Å². The molecule has 4 unspecified atom stereocenters. The van der Waals surface area contributed by atoms with Gasteiger partial charge in [-0.3, -0.25) is 24.2 Å². The van der Waals surface area contributed by atoms with Crippen molar-refractivity contribution in [3.63, 3.8) is 0 Å². The lowest BCUT2D eigenvalue weighted by Crippen LogP contribution is -2.58. The molecule has 0 heterocycles. The van der Waals surface area contributed by atoms with Gasteiger partial charge in [-0.25, -0.2) is 4.79 Å². The number of carbonyl (C=O) groups is 5. The number of aliphatic carboxylic acids is 2. The highest BCUT2D eigenvalue weighted by molar-refractivity contribution is 7.80. The fourth-order valence-electron chi connectivity index (χ4n) is 2.57. The molecule has 0 aromatic carbocycles. The molecule has 0 aromatic rings. The molecule has 0 radical (unpaired) electrons. The predicted molar refractivity (Wildman–Crippen MR) is 122 cm³/mol. The van der Waals surface area contributed by atoms with Gasteiger partial charge in [0, 0.05) is 12.3 Å². The molecule has 0 rings (SSSR count). The molecule has 4 atom stereocenters. The van der Waals surface area contributed by atoms with Gasteiger partial charge in [0.1, 0.15) is 18.1 Å². The molecule has 0 aliphatic rings. The van der Waals surface area contributed by atoms with E-state index in [9.17, 15) is 29.1 Å². The molecule has 33 heavy (non-hydrogen) atoms. The van der Waals surface area contributed by atoms with Gasteiger partial charge < -0.3 is 43.4 Å². The van der Waals surface area contributed by atoms with Gasteiger partial charge in [-0.05, 0) is 18.8 Å². The van der Waals surface area contributed by atoms with E-state index in [0.717, 1.165) is 0 Å². The van der Waals surface area contributed by atoms with Crippen molar-refractivity contribution in [2.45, 2.75) is 57.3 Å². The Morgan fingerprint density at radius 3 is 1.94 bits per heavy atom. The number of hydrogen-bond donors (Lipinski definition) is 9. The van der Waals surface area contributed by atoms with Gasteiger partial charge in [-0.1, -0.05) is 13.8 Å². The van der Waals surface area contributed by atoms with Crippen molar-refractivity contribution >= 4 is 48.2 Å². The second-order valence-electron chi connectivity index (χ2n) is 7.53. The monoisotopic (exact) mass is 491 g/mol. The zero-order valence-corrected chi connectivity index (χ0v) is 19.4. The molecule has 188 valence electrons. The Morgan fingerprint density at radius 1 is 0.939 bits per heavy atom. The van der Waals surface area contributed by atoms with Crippen LogP contribution in [-0.4, -0.2) is 82.3 Å². The molecule has 0 fully saturated rings. The van der Waals surface area contributed by atoms with Crippen LogP contribution in [0.2, 0.25) is 0 Å². The summed E-state index contributed by atoms with van der Waals surface area (Å²) in [5.41, 5.74) is 16.0. The van der Waals surface area contributed by atoms with Gasteiger partial charge in [0.25, 0.3) is 0 Å². The molecule has 3 amide bonds. The van der Waals surface area contributed by atoms with Crippen LogP contribution < -0.4 is 33.2 Å². The first-order valence-electron chi connectivity index (χ1n) is 10.1. The van der Waals surface area contributed by atoms with Crippen LogP contribution in [0.5, 0.6) is 0 Å². The van der Waals surface area contributed by atoms with Gasteiger partial charge in [-0.15, -0.1) is 0 Å². The minimum Gasteiger partial charge on any atom is -0.481 e. The van der Waals surface area contributed by atoms with E-state index >= 15 is 0 Å². The van der Waals surface area contributed by atoms with Gasteiger partial charge in [-0.2, -0.15) is 12.6 Å². The predicted octanol–water partition coefficient (Wildman–Crippen LogP) is -3.03. The summed E-state index contributed by atoms with van der Waals surface area (Å²) in [7, 11) is 0. The Hall–Kier alpha value is -3.07. The first kappa shape index (κ1) is 29.9. The van der Waals surface area contributed by atoms with E-state index in [1.54, 1.807) is 13.8 Å². The maximum absolute atomic E-state index is 12.7. The topological polar surface area (TPSA) is 252 Å². The van der Waals surface area contributed by atoms with E-state index in [1.807, 2.05) is 0 Å². The summed E-state index contributed by atoms with van der Waals surface area (Å²) in [6.45, 7) is 3.38.